The molecule has 4 nitrogen and oxygen atoms in total. The van der Waals surface area contributed by atoms with Crippen molar-refractivity contribution in [2.45, 2.75) is 58.0 Å². The Balaban J connectivity index is 2.03. The zero-order valence-corrected chi connectivity index (χ0v) is 13.0. The first kappa shape index (κ1) is 14.6. The number of rotatable bonds is 6. The van der Waals surface area contributed by atoms with Gasteiger partial charge in [-0.2, -0.15) is 0 Å². The minimum atomic E-state index is -0.718. The molecule has 19 heavy (non-hydrogen) atoms. The van der Waals surface area contributed by atoms with Gasteiger partial charge in [-0.1, -0.05) is 12.8 Å². The summed E-state index contributed by atoms with van der Waals surface area (Å²) in [5.41, 5.74) is 1.05. The predicted octanol–water partition coefficient (Wildman–Crippen LogP) is 2.88. The first-order valence-corrected chi connectivity index (χ1v) is 8.91. The van der Waals surface area contributed by atoms with E-state index in [9.17, 15) is 4.21 Å². The maximum Gasteiger partial charge on any atom is 0.203 e. The molecule has 1 saturated carbocycles. The molecule has 0 saturated heterocycles. The summed E-state index contributed by atoms with van der Waals surface area (Å²) in [6.45, 7) is 4.20. The molecule has 2 atom stereocenters. The van der Waals surface area contributed by atoms with Crippen molar-refractivity contribution in [3.8, 4) is 0 Å². The van der Waals surface area contributed by atoms with Gasteiger partial charge in [0.2, 0.25) is 5.95 Å². The van der Waals surface area contributed by atoms with Crippen molar-refractivity contribution in [2.75, 3.05) is 17.3 Å². The highest BCUT2D eigenvalue weighted by Crippen LogP contribution is 2.24. The normalized spacial score (nSPS) is 19.5. The maximum absolute atomic E-state index is 11.2. The van der Waals surface area contributed by atoms with Crippen LogP contribution in [0.5, 0.6) is 0 Å². The van der Waals surface area contributed by atoms with Gasteiger partial charge < -0.3 is 9.88 Å². The van der Waals surface area contributed by atoms with Gasteiger partial charge in [-0.15, -0.1) is 0 Å². The Hall–Kier alpha value is -0.840. The largest absolute Gasteiger partial charge is 0.353 e. The van der Waals surface area contributed by atoms with Crippen LogP contribution in [-0.4, -0.2) is 31.8 Å². The van der Waals surface area contributed by atoms with Crippen LogP contribution in [-0.2, 0) is 10.8 Å². The van der Waals surface area contributed by atoms with Crippen LogP contribution in [0.25, 0.3) is 0 Å². The molecule has 1 aliphatic rings. The number of hydrogen-bond acceptors (Lipinski definition) is 3. The molecule has 1 aromatic rings. The molecule has 0 radical (unpaired) electrons. The third kappa shape index (κ3) is 4.06. The molecule has 5 heteroatoms. The molecular formula is C14H25N3OS. The van der Waals surface area contributed by atoms with Gasteiger partial charge in [0, 0.05) is 41.1 Å². The average Bonchev–Trinajstić information content (AvgIpc) is 2.96. The molecule has 108 valence electrons. The second kappa shape index (κ2) is 6.55. The highest BCUT2D eigenvalue weighted by atomic mass is 32.2. The van der Waals surface area contributed by atoms with E-state index in [1.807, 2.05) is 6.92 Å². The van der Waals surface area contributed by atoms with Crippen molar-refractivity contribution in [3.05, 3.63) is 11.9 Å². The number of aryl methyl sites for hydroxylation is 1. The molecule has 0 aromatic carbocycles. The van der Waals surface area contributed by atoms with Gasteiger partial charge in [0.05, 0.1) is 5.69 Å². The van der Waals surface area contributed by atoms with Gasteiger partial charge in [-0.05, 0) is 33.1 Å². The van der Waals surface area contributed by atoms with Crippen LogP contribution in [0, 0.1) is 6.92 Å². The van der Waals surface area contributed by atoms with E-state index in [4.69, 9.17) is 0 Å². The highest BCUT2D eigenvalue weighted by Gasteiger charge is 2.19. The molecule has 0 aliphatic heterocycles. The minimum absolute atomic E-state index is 0.342. The molecule has 1 aliphatic carbocycles. The Morgan fingerprint density at radius 2 is 2.21 bits per heavy atom. The van der Waals surface area contributed by atoms with Crippen LogP contribution in [0.3, 0.4) is 0 Å². The Bertz CT molecular complexity index is 438. The highest BCUT2D eigenvalue weighted by molar-refractivity contribution is 7.84. The Kier molecular flexibility index (Phi) is 5.02. The van der Waals surface area contributed by atoms with Gasteiger partial charge in [0.15, 0.2) is 0 Å². The van der Waals surface area contributed by atoms with E-state index in [1.54, 1.807) is 6.26 Å². The van der Waals surface area contributed by atoms with E-state index in [1.165, 1.54) is 25.7 Å². The third-order valence-corrected chi connectivity index (χ3v) is 4.65. The Morgan fingerprint density at radius 1 is 1.53 bits per heavy atom. The number of aromatic nitrogens is 2. The van der Waals surface area contributed by atoms with Crippen LogP contribution in [0.15, 0.2) is 6.20 Å². The van der Waals surface area contributed by atoms with E-state index >= 15 is 0 Å². The fourth-order valence-corrected chi connectivity index (χ4v) is 3.36. The number of nitrogens with zero attached hydrogens (tertiary/aromatic N) is 2. The lowest BCUT2D eigenvalue weighted by Crippen LogP contribution is -2.19. The summed E-state index contributed by atoms with van der Waals surface area (Å²) in [5, 5.41) is 3.57. The van der Waals surface area contributed by atoms with Crippen LogP contribution < -0.4 is 5.32 Å². The van der Waals surface area contributed by atoms with E-state index in [2.05, 4.69) is 28.0 Å². The standard InChI is InChI=1S/C14H25N3OS/c1-11-10-17(12(2)8-9-19(3)18)14(15-11)16-13-6-4-5-7-13/h10,12-13H,4-9H2,1-3H3,(H,15,16). The summed E-state index contributed by atoms with van der Waals surface area (Å²) >= 11 is 0. The van der Waals surface area contributed by atoms with Crippen molar-refractivity contribution in [2.24, 2.45) is 0 Å². The molecule has 0 bridgehead atoms. The molecule has 1 fully saturated rings. The predicted molar refractivity (Wildman–Crippen MR) is 81.1 cm³/mol. The molecule has 0 spiro atoms. The number of imidazole rings is 1. The SMILES string of the molecule is Cc1cn(C(C)CCS(C)=O)c(NC2CCCC2)n1. The smallest absolute Gasteiger partial charge is 0.203 e. The lowest BCUT2D eigenvalue weighted by Gasteiger charge is -2.19. The van der Waals surface area contributed by atoms with Gasteiger partial charge in [0.25, 0.3) is 0 Å². The fourth-order valence-electron chi connectivity index (χ4n) is 2.69. The van der Waals surface area contributed by atoms with E-state index in [-0.39, 0.29) is 0 Å². The first-order valence-electron chi connectivity index (χ1n) is 7.18. The van der Waals surface area contributed by atoms with Crippen LogP contribution >= 0.6 is 0 Å². The Labute approximate surface area is 118 Å². The fraction of sp³-hybridized carbons (Fsp3) is 0.786. The van der Waals surface area contributed by atoms with Crippen molar-refractivity contribution < 1.29 is 4.21 Å². The van der Waals surface area contributed by atoms with Gasteiger partial charge in [-0.25, -0.2) is 4.98 Å². The Morgan fingerprint density at radius 3 is 2.84 bits per heavy atom. The number of nitrogens with one attached hydrogen (secondary N) is 1. The summed E-state index contributed by atoms with van der Waals surface area (Å²) in [7, 11) is -0.718. The first-order chi connectivity index (χ1) is 9.06. The summed E-state index contributed by atoms with van der Waals surface area (Å²) in [6, 6.07) is 0.919. The number of hydrogen-bond donors (Lipinski definition) is 1. The number of anilines is 1. The molecule has 1 aromatic heterocycles. The van der Waals surface area contributed by atoms with Gasteiger partial charge in [0.1, 0.15) is 0 Å². The lowest BCUT2D eigenvalue weighted by atomic mass is 10.2. The molecular weight excluding hydrogens is 258 g/mol. The van der Waals surface area contributed by atoms with Crippen molar-refractivity contribution in [1.29, 1.82) is 0 Å². The van der Waals surface area contributed by atoms with Crippen molar-refractivity contribution >= 4 is 16.7 Å². The summed E-state index contributed by atoms with van der Waals surface area (Å²) < 4.78 is 13.4. The maximum atomic E-state index is 11.2. The molecule has 1 N–H and O–H groups in total. The molecule has 1 heterocycles. The summed E-state index contributed by atoms with van der Waals surface area (Å²) in [5.74, 6) is 1.74. The van der Waals surface area contributed by atoms with Crippen LogP contribution in [0.2, 0.25) is 0 Å². The van der Waals surface area contributed by atoms with E-state index in [0.29, 0.717) is 12.1 Å². The van der Waals surface area contributed by atoms with E-state index < -0.39 is 10.8 Å². The third-order valence-electron chi connectivity index (χ3n) is 3.84. The van der Waals surface area contributed by atoms with Crippen molar-refractivity contribution in [1.82, 2.24) is 9.55 Å². The summed E-state index contributed by atoms with van der Waals surface area (Å²) in [6.07, 6.45) is 9.93. The quantitative estimate of drug-likeness (QED) is 0.873. The topological polar surface area (TPSA) is 46.9 Å². The zero-order chi connectivity index (χ0) is 13.8. The second-order valence-electron chi connectivity index (χ2n) is 5.65. The molecule has 2 unspecified atom stereocenters. The lowest BCUT2D eigenvalue weighted by molar-refractivity contribution is 0.532. The van der Waals surface area contributed by atoms with Gasteiger partial charge >= 0.3 is 0 Å². The minimum Gasteiger partial charge on any atom is -0.353 e. The summed E-state index contributed by atoms with van der Waals surface area (Å²) in [4.78, 5) is 4.60. The monoisotopic (exact) mass is 283 g/mol. The second-order valence-corrected chi connectivity index (χ2v) is 7.21. The molecule has 2 rings (SSSR count). The molecule has 0 amide bonds. The van der Waals surface area contributed by atoms with Gasteiger partial charge in [-0.3, -0.25) is 4.21 Å². The van der Waals surface area contributed by atoms with Crippen LogP contribution in [0.1, 0.15) is 50.8 Å². The van der Waals surface area contributed by atoms with Crippen LogP contribution in [0.4, 0.5) is 5.95 Å². The van der Waals surface area contributed by atoms with Crippen molar-refractivity contribution in [3.63, 3.8) is 0 Å². The zero-order valence-electron chi connectivity index (χ0n) is 12.2. The average molecular weight is 283 g/mol. The van der Waals surface area contributed by atoms with E-state index in [0.717, 1.165) is 23.8 Å².